The predicted molar refractivity (Wildman–Crippen MR) is 70.1 cm³/mol. The van der Waals surface area contributed by atoms with E-state index < -0.39 is 17.7 Å². The van der Waals surface area contributed by atoms with Gasteiger partial charge in [0.1, 0.15) is 11.0 Å². The van der Waals surface area contributed by atoms with Crippen LogP contribution in [-0.4, -0.2) is 28.0 Å². The molecule has 0 unspecified atom stereocenters. The van der Waals surface area contributed by atoms with E-state index in [0.717, 1.165) is 12.3 Å². The molecule has 0 atom stereocenters. The van der Waals surface area contributed by atoms with Gasteiger partial charge in [-0.15, -0.1) is 0 Å². The van der Waals surface area contributed by atoms with Crippen molar-refractivity contribution in [2.45, 2.75) is 31.7 Å². The van der Waals surface area contributed by atoms with Crippen LogP contribution in [0.25, 0.3) is 0 Å². The van der Waals surface area contributed by atoms with Crippen LogP contribution in [0.15, 0.2) is 12.3 Å². The Hall–Kier alpha value is -1.69. The third kappa shape index (κ3) is 3.45. The summed E-state index contributed by atoms with van der Waals surface area (Å²) >= 11 is 5.76. The Labute approximate surface area is 120 Å². The van der Waals surface area contributed by atoms with Crippen LogP contribution >= 0.6 is 11.6 Å². The van der Waals surface area contributed by atoms with Crippen LogP contribution in [-0.2, 0) is 4.79 Å². The standard InChI is InChI=1S/C13H14ClFN2O3/c14-11-10(5-8(15)6-16-11)12(18)17-9-3-1-7(2-4-9)13(19)20/h5-7,9H,1-4H2,(H,17,18)(H,19,20). The van der Waals surface area contributed by atoms with Gasteiger partial charge in [0.05, 0.1) is 17.7 Å². The van der Waals surface area contributed by atoms with E-state index in [0.29, 0.717) is 25.7 Å². The van der Waals surface area contributed by atoms with Gasteiger partial charge in [-0.2, -0.15) is 0 Å². The first-order valence-corrected chi connectivity index (χ1v) is 6.70. The minimum absolute atomic E-state index is 0.00738. The number of nitrogens with one attached hydrogen (secondary N) is 1. The average molecular weight is 301 g/mol. The largest absolute Gasteiger partial charge is 0.481 e. The molecule has 0 radical (unpaired) electrons. The predicted octanol–water partition coefficient (Wildman–Crippen LogP) is 2.25. The number of aromatic nitrogens is 1. The molecule has 2 rings (SSSR count). The molecule has 108 valence electrons. The quantitative estimate of drug-likeness (QED) is 0.839. The molecule has 0 aliphatic heterocycles. The summed E-state index contributed by atoms with van der Waals surface area (Å²) in [5.74, 6) is -2.26. The van der Waals surface area contributed by atoms with Crippen molar-refractivity contribution >= 4 is 23.5 Å². The SMILES string of the molecule is O=C(NC1CCC(C(=O)O)CC1)c1cc(F)cnc1Cl. The van der Waals surface area contributed by atoms with Gasteiger partial charge in [0.15, 0.2) is 0 Å². The van der Waals surface area contributed by atoms with Gasteiger partial charge in [-0.25, -0.2) is 9.37 Å². The highest BCUT2D eigenvalue weighted by molar-refractivity contribution is 6.32. The molecule has 0 bridgehead atoms. The molecule has 1 amide bonds. The molecule has 2 N–H and O–H groups in total. The number of hydrogen-bond acceptors (Lipinski definition) is 3. The summed E-state index contributed by atoms with van der Waals surface area (Å²) in [6, 6.07) is 0.922. The van der Waals surface area contributed by atoms with Crippen molar-refractivity contribution in [1.29, 1.82) is 0 Å². The normalized spacial score (nSPS) is 22.3. The Morgan fingerprint density at radius 3 is 2.60 bits per heavy atom. The van der Waals surface area contributed by atoms with E-state index in [2.05, 4.69) is 10.3 Å². The summed E-state index contributed by atoms with van der Waals surface area (Å²) in [6.45, 7) is 0. The molecule has 1 aromatic rings. The molecule has 1 heterocycles. The summed E-state index contributed by atoms with van der Waals surface area (Å²) < 4.78 is 13.1. The number of carbonyl (C=O) groups excluding carboxylic acids is 1. The van der Waals surface area contributed by atoms with Crippen molar-refractivity contribution in [2.24, 2.45) is 5.92 Å². The van der Waals surface area contributed by atoms with Gasteiger partial charge in [0, 0.05) is 6.04 Å². The van der Waals surface area contributed by atoms with Gasteiger partial charge in [-0.3, -0.25) is 9.59 Å². The molecule has 1 fully saturated rings. The van der Waals surface area contributed by atoms with Gasteiger partial charge < -0.3 is 10.4 Å². The smallest absolute Gasteiger partial charge is 0.306 e. The highest BCUT2D eigenvalue weighted by Gasteiger charge is 2.27. The van der Waals surface area contributed by atoms with Gasteiger partial charge in [0.25, 0.3) is 5.91 Å². The van der Waals surface area contributed by atoms with E-state index in [4.69, 9.17) is 16.7 Å². The second-order valence-corrected chi connectivity index (χ2v) is 5.21. The average Bonchev–Trinajstić information content (AvgIpc) is 2.42. The van der Waals surface area contributed by atoms with Crippen LogP contribution in [0.5, 0.6) is 0 Å². The zero-order valence-corrected chi connectivity index (χ0v) is 11.4. The maximum Gasteiger partial charge on any atom is 0.306 e. The summed E-state index contributed by atoms with van der Waals surface area (Å²) in [5.41, 5.74) is -0.00738. The highest BCUT2D eigenvalue weighted by atomic mass is 35.5. The van der Waals surface area contributed by atoms with Crippen molar-refractivity contribution in [3.05, 3.63) is 28.8 Å². The number of pyridine rings is 1. The number of nitrogens with zero attached hydrogens (tertiary/aromatic N) is 1. The Kier molecular flexibility index (Phi) is 4.54. The number of aliphatic carboxylic acids is 1. The zero-order chi connectivity index (χ0) is 14.7. The lowest BCUT2D eigenvalue weighted by atomic mass is 9.86. The van der Waals surface area contributed by atoms with Crippen LogP contribution < -0.4 is 5.32 Å². The fourth-order valence-electron chi connectivity index (χ4n) is 2.33. The fourth-order valence-corrected chi connectivity index (χ4v) is 2.52. The molecular weight excluding hydrogens is 287 g/mol. The number of carbonyl (C=O) groups is 2. The number of rotatable bonds is 3. The Bertz CT molecular complexity index is 530. The van der Waals surface area contributed by atoms with Crippen LogP contribution in [0.3, 0.4) is 0 Å². The van der Waals surface area contributed by atoms with E-state index in [9.17, 15) is 14.0 Å². The van der Waals surface area contributed by atoms with E-state index in [1.165, 1.54) is 0 Å². The third-order valence-corrected chi connectivity index (χ3v) is 3.76. The Morgan fingerprint density at radius 2 is 2.00 bits per heavy atom. The zero-order valence-electron chi connectivity index (χ0n) is 10.6. The molecule has 1 aliphatic carbocycles. The van der Waals surface area contributed by atoms with E-state index in [1.54, 1.807) is 0 Å². The van der Waals surface area contributed by atoms with Gasteiger partial charge in [0.2, 0.25) is 0 Å². The Morgan fingerprint density at radius 1 is 1.35 bits per heavy atom. The molecule has 1 aliphatic rings. The lowest BCUT2D eigenvalue weighted by Gasteiger charge is -2.26. The number of halogens is 2. The highest BCUT2D eigenvalue weighted by Crippen LogP contribution is 2.25. The summed E-state index contributed by atoms with van der Waals surface area (Å²) in [5, 5.41) is 11.6. The molecule has 0 spiro atoms. The maximum absolute atomic E-state index is 13.1. The second kappa shape index (κ2) is 6.17. The van der Waals surface area contributed by atoms with E-state index in [-0.39, 0.29) is 22.7 Å². The number of hydrogen-bond donors (Lipinski definition) is 2. The monoisotopic (exact) mass is 300 g/mol. The first-order valence-electron chi connectivity index (χ1n) is 6.32. The maximum atomic E-state index is 13.1. The molecule has 1 aromatic heterocycles. The molecule has 20 heavy (non-hydrogen) atoms. The van der Waals surface area contributed by atoms with E-state index in [1.807, 2.05) is 0 Å². The Balaban J connectivity index is 1.96. The molecule has 7 heteroatoms. The topological polar surface area (TPSA) is 79.3 Å². The van der Waals surface area contributed by atoms with Gasteiger partial charge >= 0.3 is 5.97 Å². The molecule has 0 saturated heterocycles. The van der Waals surface area contributed by atoms with Crippen LogP contribution in [0, 0.1) is 11.7 Å². The van der Waals surface area contributed by atoms with Crippen LogP contribution in [0.2, 0.25) is 5.15 Å². The number of carboxylic acid groups (broad SMARTS) is 1. The summed E-state index contributed by atoms with van der Waals surface area (Å²) in [4.78, 5) is 26.4. The van der Waals surface area contributed by atoms with Crippen LogP contribution in [0.4, 0.5) is 4.39 Å². The van der Waals surface area contributed by atoms with Gasteiger partial charge in [-0.1, -0.05) is 11.6 Å². The summed E-state index contributed by atoms with van der Waals surface area (Å²) in [6.07, 6.45) is 3.16. The first kappa shape index (κ1) is 14.7. The molecule has 0 aromatic carbocycles. The first-order chi connectivity index (χ1) is 9.47. The molecule has 1 saturated carbocycles. The lowest BCUT2D eigenvalue weighted by molar-refractivity contribution is -0.142. The van der Waals surface area contributed by atoms with Crippen LogP contribution in [0.1, 0.15) is 36.0 Å². The lowest BCUT2D eigenvalue weighted by Crippen LogP contribution is -2.38. The van der Waals surface area contributed by atoms with Crippen molar-refractivity contribution < 1.29 is 19.1 Å². The van der Waals surface area contributed by atoms with Crippen molar-refractivity contribution in [3.63, 3.8) is 0 Å². The number of amides is 1. The minimum Gasteiger partial charge on any atom is -0.481 e. The van der Waals surface area contributed by atoms with Crippen molar-refractivity contribution in [1.82, 2.24) is 10.3 Å². The van der Waals surface area contributed by atoms with Crippen molar-refractivity contribution in [3.8, 4) is 0 Å². The van der Waals surface area contributed by atoms with Gasteiger partial charge in [-0.05, 0) is 31.7 Å². The number of carboxylic acids is 1. The van der Waals surface area contributed by atoms with Crippen molar-refractivity contribution in [2.75, 3.05) is 0 Å². The molecule has 5 nitrogen and oxygen atoms in total. The second-order valence-electron chi connectivity index (χ2n) is 4.85. The third-order valence-electron chi connectivity index (χ3n) is 3.46. The summed E-state index contributed by atoms with van der Waals surface area (Å²) in [7, 11) is 0. The minimum atomic E-state index is -0.799. The molecular formula is C13H14ClFN2O3. The fraction of sp³-hybridized carbons (Fsp3) is 0.462. The van der Waals surface area contributed by atoms with E-state index >= 15 is 0 Å².